The highest BCUT2D eigenvalue weighted by molar-refractivity contribution is 6.05. The van der Waals surface area contributed by atoms with Crippen molar-refractivity contribution in [3.05, 3.63) is 82.4 Å². The second kappa shape index (κ2) is 9.28. The van der Waals surface area contributed by atoms with Crippen LogP contribution in [0.1, 0.15) is 34.6 Å². The zero-order valence-electron chi connectivity index (χ0n) is 20.4. The van der Waals surface area contributed by atoms with Crippen LogP contribution in [-0.2, 0) is 13.6 Å². The Bertz CT molecular complexity index is 1820. The standard InChI is InChI=1S/C25H22N10O3/c1-13(15-4-6-16(7-5-15)23-31-33-34-32-23)30-17-11-26-21-20(17)28-12-29-22(21)24(36)27-10-14-3-8-19-18(9-14)35(2)25(37)38-19/h3-9,11-13,26,30H,10H2,1-2H3,(H,27,36)(H,31,32,33,34). The molecule has 1 atom stereocenters. The Labute approximate surface area is 214 Å². The number of hydrogen-bond donors (Lipinski definition) is 4. The molecule has 0 aliphatic rings. The first-order valence-corrected chi connectivity index (χ1v) is 11.8. The highest BCUT2D eigenvalue weighted by Crippen LogP contribution is 2.27. The van der Waals surface area contributed by atoms with Crippen LogP contribution in [0.4, 0.5) is 5.69 Å². The number of carbonyl (C=O) groups excluding carboxylic acids is 1. The number of aromatic amines is 2. The number of H-pyrrole nitrogens is 2. The molecule has 0 aliphatic carbocycles. The second-order valence-electron chi connectivity index (χ2n) is 8.78. The SMILES string of the molecule is CC(Nc1c[nH]c2c(C(=O)NCc3ccc4oc(=O)n(C)c4c3)ncnc12)c1ccc(-c2nn[nH]n2)cc1. The number of oxazole rings is 1. The van der Waals surface area contributed by atoms with E-state index in [1.807, 2.05) is 37.3 Å². The molecule has 6 aromatic rings. The van der Waals surface area contributed by atoms with Crippen molar-refractivity contribution >= 4 is 33.7 Å². The van der Waals surface area contributed by atoms with Gasteiger partial charge in [-0.2, -0.15) is 5.21 Å². The van der Waals surface area contributed by atoms with Crippen molar-refractivity contribution in [2.75, 3.05) is 5.32 Å². The molecule has 4 heterocycles. The quantitative estimate of drug-likeness (QED) is 0.252. The number of amides is 1. The van der Waals surface area contributed by atoms with E-state index >= 15 is 0 Å². The van der Waals surface area contributed by atoms with Gasteiger partial charge in [0.1, 0.15) is 11.8 Å². The Hall–Kier alpha value is -5.33. The number of aromatic nitrogens is 8. The van der Waals surface area contributed by atoms with Gasteiger partial charge in [0.25, 0.3) is 5.91 Å². The average molecular weight is 511 g/mol. The molecule has 38 heavy (non-hydrogen) atoms. The molecule has 1 amide bonds. The normalized spacial score (nSPS) is 12.2. The van der Waals surface area contributed by atoms with Crippen molar-refractivity contribution in [3.8, 4) is 11.4 Å². The summed E-state index contributed by atoms with van der Waals surface area (Å²) in [5, 5.41) is 20.4. The summed E-state index contributed by atoms with van der Waals surface area (Å²) in [6.07, 6.45) is 3.14. The topological polar surface area (TPSA) is 172 Å². The average Bonchev–Trinajstić information content (AvgIpc) is 3.68. The predicted molar refractivity (Wildman–Crippen MR) is 138 cm³/mol. The number of nitrogens with one attached hydrogen (secondary N) is 4. The smallest absolute Gasteiger partial charge is 0.408 e. The molecule has 0 spiro atoms. The molecule has 1 unspecified atom stereocenters. The predicted octanol–water partition coefficient (Wildman–Crippen LogP) is 2.69. The van der Waals surface area contributed by atoms with Gasteiger partial charge >= 0.3 is 5.76 Å². The highest BCUT2D eigenvalue weighted by atomic mass is 16.4. The molecule has 2 aromatic carbocycles. The lowest BCUT2D eigenvalue weighted by Crippen LogP contribution is -2.24. The lowest BCUT2D eigenvalue weighted by Gasteiger charge is -2.15. The number of rotatable bonds is 7. The first kappa shape index (κ1) is 23.1. The lowest BCUT2D eigenvalue weighted by molar-refractivity contribution is 0.0947. The van der Waals surface area contributed by atoms with Gasteiger partial charge in [-0.1, -0.05) is 30.3 Å². The van der Waals surface area contributed by atoms with Crippen LogP contribution >= 0.6 is 0 Å². The molecule has 4 N–H and O–H groups in total. The molecule has 0 saturated heterocycles. The van der Waals surface area contributed by atoms with Gasteiger partial charge in [0, 0.05) is 31.4 Å². The van der Waals surface area contributed by atoms with E-state index in [1.165, 1.54) is 10.9 Å². The Morgan fingerprint density at radius 3 is 2.79 bits per heavy atom. The maximum absolute atomic E-state index is 13.0. The fraction of sp³-hybridized carbons (Fsp3) is 0.160. The third-order valence-corrected chi connectivity index (χ3v) is 6.37. The fourth-order valence-electron chi connectivity index (χ4n) is 4.29. The number of fused-ring (bicyclic) bond motifs is 2. The molecule has 13 nitrogen and oxygen atoms in total. The molecule has 0 radical (unpaired) electrons. The summed E-state index contributed by atoms with van der Waals surface area (Å²) in [5.41, 5.74) is 5.99. The first-order valence-electron chi connectivity index (χ1n) is 11.8. The number of hydrogen-bond acceptors (Lipinski definition) is 9. The summed E-state index contributed by atoms with van der Waals surface area (Å²) >= 11 is 0. The molecule has 13 heteroatoms. The Morgan fingerprint density at radius 1 is 1.16 bits per heavy atom. The van der Waals surface area contributed by atoms with E-state index in [4.69, 9.17) is 4.42 Å². The zero-order valence-corrected chi connectivity index (χ0v) is 20.4. The summed E-state index contributed by atoms with van der Waals surface area (Å²) in [5.74, 6) is -0.253. The summed E-state index contributed by atoms with van der Waals surface area (Å²) in [4.78, 5) is 36.5. The molecule has 0 bridgehead atoms. The number of tetrazole rings is 1. The Balaban J connectivity index is 1.17. The van der Waals surface area contributed by atoms with Gasteiger partial charge in [0.15, 0.2) is 11.3 Å². The number of carbonyl (C=O) groups is 1. The van der Waals surface area contributed by atoms with Gasteiger partial charge in [-0.3, -0.25) is 9.36 Å². The van der Waals surface area contributed by atoms with Crippen molar-refractivity contribution in [2.45, 2.75) is 19.5 Å². The van der Waals surface area contributed by atoms with Gasteiger partial charge in [-0.05, 0) is 35.4 Å². The van der Waals surface area contributed by atoms with Crippen LogP contribution in [0.15, 0.2) is 64.2 Å². The van der Waals surface area contributed by atoms with E-state index in [-0.39, 0.29) is 24.2 Å². The van der Waals surface area contributed by atoms with Gasteiger partial charge in [0.2, 0.25) is 5.82 Å². The Morgan fingerprint density at radius 2 is 2.00 bits per heavy atom. The van der Waals surface area contributed by atoms with E-state index in [0.29, 0.717) is 28.0 Å². The minimum Gasteiger partial charge on any atom is -0.408 e. The maximum atomic E-state index is 13.0. The van der Waals surface area contributed by atoms with Crippen LogP contribution in [0.5, 0.6) is 0 Å². The minimum atomic E-state index is -0.434. The number of nitrogens with zero attached hydrogens (tertiary/aromatic N) is 6. The molecule has 4 aromatic heterocycles. The van der Waals surface area contributed by atoms with E-state index < -0.39 is 5.76 Å². The third kappa shape index (κ3) is 4.15. The van der Waals surface area contributed by atoms with Crippen molar-refractivity contribution in [3.63, 3.8) is 0 Å². The summed E-state index contributed by atoms with van der Waals surface area (Å²) in [6.45, 7) is 2.28. The van der Waals surface area contributed by atoms with E-state index in [0.717, 1.165) is 22.4 Å². The van der Waals surface area contributed by atoms with E-state index in [9.17, 15) is 9.59 Å². The van der Waals surface area contributed by atoms with Crippen LogP contribution in [0.25, 0.3) is 33.5 Å². The largest absolute Gasteiger partial charge is 0.419 e. The van der Waals surface area contributed by atoms with Gasteiger partial charge < -0.3 is 20.0 Å². The van der Waals surface area contributed by atoms with Crippen LogP contribution in [-0.4, -0.2) is 46.1 Å². The van der Waals surface area contributed by atoms with E-state index in [2.05, 4.69) is 46.2 Å². The molecule has 0 fully saturated rings. The molecule has 0 saturated carbocycles. The van der Waals surface area contributed by atoms with Crippen LogP contribution < -0.4 is 16.4 Å². The molecular weight excluding hydrogens is 488 g/mol. The van der Waals surface area contributed by atoms with Gasteiger partial charge in [-0.25, -0.2) is 14.8 Å². The second-order valence-corrected chi connectivity index (χ2v) is 8.78. The fourth-order valence-corrected chi connectivity index (χ4v) is 4.29. The summed E-state index contributed by atoms with van der Waals surface area (Å²) in [6, 6.07) is 13.1. The molecule has 6 rings (SSSR count). The minimum absolute atomic E-state index is 0.0469. The number of benzene rings is 2. The lowest BCUT2D eigenvalue weighted by atomic mass is 10.1. The van der Waals surface area contributed by atoms with Crippen LogP contribution in [0.3, 0.4) is 0 Å². The highest BCUT2D eigenvalue weighted by Gasteiger charge is 2.18. The van der Waals surface area contributed by atoms with Crippen molar-refractivity contribution < 1.29 is 9.21 Å². The van der Waals surface area contributed by atoms with Crippen molar-refractivity contribution in [1.29, 1.82) is 0 Å². The molecule has 0 aliphatic heterocycles. The van der Waals surface area contributed by atoms with Crippen molar-refractivity contribution in [2.24, 2.45) is 7.05 Å². The molecule has 190 valence electrons. The van der Waals surface area contributed by atoms with Gasteiger partial charge in [0.05, 0.1) is 16.7 Å². The van der Waals surface area contributed by atoms with Crippen molar-refractivity contribution in [1.82, 2.24) is 45.5 Å². The maximum Gasteiger partial charge on any atom is 0.419 e. The Kier molecular flexibility index (Phi) is 5.64. The van der Waals surface area contributed by atoms with Crippen LogP contribution in [0.2, 0.25) is 0 Å². The zero-order chi connectivity index (χ0) is 26.2. The van der Waals surface area contributed by atoms with Crippen LogP contribution in [0, 0.1) is 0 Å². The third-order valence-electron chi connectivity index (χ3n) is 6.37. The summed E-state index contributed by atoms with van der Waals surface area (Å²) in [7, 11) is 1.64. The van der Waals surface area contributed by atoms with E-state index in [1.54, 1.807) is 25.4 Å². The summed E-state index contributed by atoms with van der Waals surface area (Å²) < 4.78 is 6.58. The first-order chi connectivity index (χ1) is 18.5. The monoisotopic (exact) mass is 510 g/mol. The van der Waals surface area contributed by atoms with Gasteiger partial charge in [-0.15, -0.1) is 10.2 Å². The molecular formula is C25H22N10O3. The number of aryl methyl sites for hydroxylation is 1. The number of anilines is 1.